The van der Waals surface area contributed by atoms with Crippen LogP contribution in [-0.2, 0) is 9.59 Å². The number of carbonyl (C=O) groups excluding carboxylic acids is 3. The molecule has 4 rings (SSSR count). The van der Waals surface area contributed by atoms with Gasteiger partial charge < -0.3 is 20.3 Å². The van der Waals surface area contributed by atoms with E-state index in [1.165, 1.54) is 24.3 Å². The number of piperidine rings is 1. The number of likely N-dealkylation sites (tertiary alicyclic amines) is 1. The van der Waals surface area contributed by atoms with E-state index < -0.39 is 17.6 Å². The first-order valence-corrected chi connectivity index (χ1v) is 12.6. The van der Waals surface area contributed by atoms with Gasteiger partial charge in [-0.25, -0.2) is 4.39 Å². The summed E-state index contributed by atoms with van der Waals surface area (Å²) in [6.45, 7) is 5.23. The number of nitrogens with one attached hydrogen (secondary N) is 2. The number of amides is 3. The fraction of sp³-hybridized carbons (Fsp3) is 0.300. The van der Waals surface area contributed by atoms with Crippen molar-refractivity contribution in [3.63, 3.8) is 0 Å². The monoisotopic (exact) mass is 517 g/mol. The molecule has 2 N–H and O–H groups in total. The van der Waals surface area contributed by atoms with Gasteiger partial charge in [0.15, 0.2) is 0 Å². The summed E-state index contributed by atoms with van der Waals surface area (Å²) in [5.74, 6) is -0.184. The maximum Gasteiger partial charge on any atom is 0.254 e. The van der Waals surface area contributed by atoms with Gasteiger partial charge in [-0.1, -0.05) is 12.1 Å². The van der Waals surface area contributed by atoms with Crippen LogP contribution in [0.5, 0.6) is 5.75 Å². The lowest BCUT2D eigenvalue weighted by molar-refractivity contribution is -0.123. The number of rotatable bonds is 7. The first-order valence-electron chi connectivity index (χ1n) is 12.6. The van der Waals surface area contributed by atoms with Gasteiger partial charge in [-0.05, 0) is 97.8 Å². The zero-order valence-corrected chi connectivity index (χ0v) is 21.8. The van der Waals surface area contributed by atoms with Crippen LogP contribution in [0.3, 0.4) is 0 Å². The van der Waals surface area contributed by atoms with Crippen molar-refractivity contribution in [2.75, 3.05) is 30.8 Å². The summed E-state index contributed by atoms with van der Waals surface area (Å²) in [5, 5.41) is 5.31. The van der Waals surface area contributed by atoms with Crippen molar-refractivity contribution >= 4 is 29.1 Å². The molecular weight excluding hydrogens is 485 g/mol. The van der Waals surface area contributed by atoms with E-state index in [1.54, 1.807) is 7.11 Å². The summed E-state index contributed by atoms with van der Waals surface area (Å²) in [4.78, 5) is 39.5. The van der Waals surface area contributed by atoms with Crippen LogP contribution in [0.25, 0.3) is 0 Å². The topological polar surface area (TPSA) is 87.7 Å². The van der Waals surface area contributed by atoms with E-state index in [0.717, 1.165) is 40.8 Å². The van der Waals surface area contributed by atoms with Gasteiger partial charge in [0.2, 0.25) is 11.8 Å². The molecule has 8 heteroatoms. The van der Waals surface area contributed by atoms with E-state index >= 15 is 0 Å². The third kappa shape index (κ3) is 6.56. The third-order valence-corrected chi connectivity index (χ3v) is 6.85. The van der Waals surface area contributed by atoms with E-state index in [9.17, 15) is 18.8 Å². The van der Waals surface area contributed by atoms with Gasteiger partial charge in [-0.3, -0.25) is 14.4 Å². The standard InChI is InChI=1S/C30H32FN3O4/c1-19-16-26(38-3)17-20(2)29(19)30(37)34-14-12-22(13-15-34)21-4-8-24(9-5-21)32-27(35)18-28(36)33-25-10-6-23(31)7-11-25/h4-11,16-17,22H,12-15,18H2,1-3H3,(H,32,35)(H,33,36). The number of halogens is 1. The zero-order chi connectivity index (χ0) is 27.2. The quantitative estimate of drug-likeness (QED) is 0.409. The first-order chi connectivity index (χ1) is 18.2. The highest BCUT2D eigenvalue weighted by Crippen LogP contribution is 2.31. The molecule has 0 saturated carbocycles. The van der Waals surface area contributed by atoms with Crippen LogP contribution < -0.4 is 15.4 Å². The number of ether oxygens (including phenoxy) is 1. The van der Waals surface area contributed by atoms with Gasteiger partial charge in [0.05, 0.1) is 7.11 Å². The van der Waals surface area contributed by atoms with Gasteiger partial charge in [0.25, 0.3) is 5.91 Å². The Labute approximate surface area is 222 Å². The number of hydrogen-bond acceptors (Lipinski definition) is 4. The number of methoxy groups -OCH3 is 1. The second-order valence-electron chi connectivity index (χ2n) is 9.60. The molecule has 1 fully saturated rings. The molecule has 0 aromatic heterocycles. The second kappa shape index (κ2) is 11.9. The van der Waals surface area contributed by atoms with E-state index in [0.29, 0.717) is 30.4 Å². The van der Waals surface area contributed by atoms with Crippen molar-refractivity contribution < 1.29 is 23.5 Å². The Kier molecular flexibility index (Phi) is 8.41. The van der Waals surface area contributed by atoms with E-state index in [1.807, 2.05) is 55.1 Å². The fourth-order valence-electron chi connectivity index (χ4n) is 4.88. The molecule has 0 aliphatic carbocycles. The average Bonchev–Trinajstić information content (AvgIpc) is 2.90. The van der Waals surface area contributed by atoms with Crippen molar-refractivity contribution in [2.45, 2.75) is 39.0 Å². The summed E-state index contributed by atoms with van der Waals surface area (Å²) >= 11 is 0. The number of benzene rings is 3. The van der Waals surface area contributed by atoms with Crippen molar-refractivity contribution in [3.8, 4) is 5.75 Å². The predicted octanol–water partition coefficient (Wildman–Crippen LogP) is 5.44. The molecular formula is C30H32FN3O4. The molecule has 0 radical (unpaired) electrons. The first kappa shape index (κ1) is 26.9. The molecule has 1 saturated heterocycles. The average molecular weight is 518 g/mol. The molecule has 198 valence electrons. The SMILES string of the molecule is COc1cc(C)c(C(=O)N2CCC(c3ccc(NC(=O)CC(=O)Nc4ccc(F)cc4)cc3)CC2)c(C)c1. The smallest absolute Gasteiger partial charge is 0.254 e. The maximum absolute atomic E-state index is 13.2. The molecule has 0 bridgehead atoms. The van der Waals surface area contributed by atoms with Gasteiger partial charge in [0.1, 0.15) is 18.0 Å². The Bertz CT molecular complexity index is 1290. The lowest BCUT2D eigenvalue weighted by Crippen LogP contribution is -2.38. The van der Waals surface area contributed by atoms with Crippen LogP contribution in [-0.4, -0.2) is 42.8 Å². The van der Waals surface area contributed by atoms with Crippen molar-refractivity contribution in [1.82, 2.24) is 4.90 Å². The Balaban J connectivity index is 1.27. The number of aryl methyl sites for hydroxylation is 2. The maximum atomic E-state index is 13.2. The molecule has 1 heterocycles. The van der Waals surface area contributed by atoms with Crippen LogP contribution in [0.1, 0.15) is 52.2 Å². The van der Waals surface area contributed by atoms with E-state index in [-0.39, 0.29) is 12.3 Å². The Morgan fingerprint density at radius 2 is 1.37 bits per heavy atom. The van der Waals surface area contributed by atoms with Crippen molar-refractivity contribution in [3.05, 3.63) is 88.7 Å². The lowest BCUT2D eigenvalue weighted by Gasteiger charge is -2.33. The van der Waals surface area contributed by atoms with E-state index in [4.69, 9.17) is 4.74 Å². The zero-order valence-electron chi connectivity index (χ0n) is 21.8. The predicted molar refractivity (Wildman–Crippen MR) is 145 cm³/mol. The molecule has 0 unspecified atom stereocenters. The molecule has 0 atom stereocenters. The van der Waals surface area contributed by atoms with Crippen molar-refractivity contribution in [1.29, 1.82) is 0 Å². The molecule has 3 aromatic carbocycles. The molecule has 3 aromatic rings. The number of anilines is 2. The number of nitrogens with zero attached hydrogens (tertiary/aromatic N) is 1. The highest BCUT2D eigenvalue weighted by molar-refractivity contribution is 6.08. The minimum absolute atomic E-state index is 0.0580. The molecule has 3 amide bonds. The number of carbonyl (C=O) groups is 3. The third-order valence-electron chi connectivity index (χ3n) is 6.85. The minimum Gasteiger partial charge on any atom is -0.497 e. The summed E-state index contributed by atoms with van der Waals surface area (Å²) in [7, 11) is 1.62. The van der Waals surface area contributed by atoms with Crippen LogP contribution in [0.2, 0.25) is 0 Å². The van der Waals surface area contributed by atoms with Gasteiger partial charge >= 0.3 is 0 Å². The van der Waals surface area contributed by atoms with Gasteiger partial charge in [-0.2, -0.15) is 0 Å². The normalized spacial score (nSPS) is 13.6. The molecule has 1 aliphatic rings. The highest BCUT2D eigenvalue weighted by atomic mass is 19.1. The Morgan fingerprint density at radius 1 is 0.868 bits per heavy atom. The summed E-state index contributed by atoms with van der Waals surface area (Å²) < 4.78 is 18.3. The van der Waals surface area contributed by atoms with E-state index in [2.05, 4.69) is 10.6 Å². The fourth-order valence-corrected chi connectivity index (χ4v) is 4.88. The second-order valence-corrected chi connectivity index (χ2v) is 9.60. The lowest BCUT2D eigenvalue weighted by atomic mass is 9.88. The number of hydrogen-bond donors (Lipinski definition) is 2. The van der Waals surface area contributed by atoms with Crippen LogP contribution in [0.4, 0.5) is 15.8 Å². The largest absolute Gasteiger partial charge is 0.497 e. The Morgan fingerprint density at radius 3 is 1.87 bits per heavy atom. The molecule has 1 aliphatic heterocycles. The molecule has 38 heavy (non-hydrogen) atoms. The summed E-state index contributed by atoms with van der Waals surface area (Å²) in [6.07, 6.45) is 1.36. The minimum atomic E-state index is -0.480. The van der Waals surface area contributed by atoms with Gasteiger partial charge in [-0.15, -0.1) is 0 Å². The van der Waals surface area contributed by atoms with Crippen LogP contribution in [0, 0.1) is 19.7 Å². The summed E-state index contributed by atoms with van der Waals surface area (Å²) in [5.41, 5.74) is 4.76. The van der Waals surface area contributed by atoms with Crippen LogP contribution in [0.15, 0.2) is 60.7 Å². The van der Waals surface area contributed by atoms with Crippen LogP contribution >= 0.6 is 0 Å². The van der Waals surface area contributed by atoms with Crippen molar-refractivity contribution in [2.24, 2.45) is 0 Å². The highest BCUT2D eigenvalue weighted by Gasteiger charge is 2.26. The Hall–Kier alpha value is -4.20. The molecule has 7 nitrogen and oxygen atoms in total. The molecule has 0 spiro atoms. The van der Waals surface area contributed by atoms with Gasteiger partial charge in [0, 0.05) is 30.0 Å². The summed E-state index contributed by atoms with van der Waals surface area (Å²) in [6, 6.07) is 16.7.